The van der Waals surface area contributed by atoms with Gasteiger partial charge in [-0.1, -0.05) is 0 Å². The molecule has 0 aromatic heterocycles. The Morgan fingerprint density at radius 2 is 1.93 bits per heavy atom. The van der Waals surface area contributed by atoms with Gasteiger partial charge in [-0.25, -0.2) is 0 Å². The van der Waals surface area contributed by atoms with Gasteiger partial charge in [0.1, 0.15) is 0 Å². The Kier molecular flexibility index (Phi) is 10.2. The summed E-state index contributed by atoms with van der Waals surface area (Å²) in [4.78, 5) is 0. The van der Waals surface area contributed by atoms with Crippen molar-refractivity contribution in [1.29, 1.82) is 0 Å². The molecule has 2 heteroatoms. The summed E-state index contributed by atoms with van der Waals surface area (Å²) in [6.45, 7) is 7.13. The van der Waals surface area contributed by atoms with Crippen LogP contribution in [0.3, 0.4) is 0 Å². The zero-order valence-corrected chi connectivity index (χ0v) is 9.51. The molecule has 2 nitrogen and oxygen atoms in total. The molecule has 0 aliphatic rings. The van der Waals surface area contributed by atoms with Crippen molar-refractivity contribution >= 4 is 0 Å². The third kappa shape index (κ3) is 11.5. The van der Waals surface area contributed by atoms with Crippen molar-refractivity contribution < 1.29 is 4.74 Å². The smallest absolute Gasteiger partial charge is 0.0518 e. The van der Waals surface area contributed by atoms with Crippen LogP contribution in [0.25, 0.3) is 0 Å². The maximum Gasteiger partial charge on any atom is 0.0518 e. The quantitative estimate of drug-likeness (QED) is 0.452. The minimum Gasteiger partial charge on any atom is -0.379 e. The molecule has 0 aromatic rings. The van der Waals surface area contributed by atoms with Crippen LogP contribution in [0.1, 0.15) is 39.5 Å². The molecule has 0 saturated heterocycles. The van der Waals surface area contributed by atoms with Crippen LogP contribution in [0, 0.1) is 12.3 Å². The summed E-state index contributed by atoms with van der Waals surface area (Å²) in [5.74, 6) is 2.63. The lowest BCUT2D eigenvalue weighted by atomic mass is 10.3. The lowest BCUT2D eigenvalue weighted by Crippen LogP contribution is -2.17. The standard InChI is InChI=1S/C12H23NO/c1-4-5-6-9-13-10-7-8-11-14-12(2)3/h1,12-13H,5-11H2,2-3H3. The number of ether oxygens (including phenoxy) is 1. The van der Waals surface area contributed by atoms with Crippen molar-refractivity contribution in [2.45, 2.75) is 45.6 Å². The van der Waals surface area contributed by atoms with Crippen molar-refractivity contribution in [3.8, 4) is 12.3 Å². The van der Waals surface area contributed by atoms with Crippen LogP contribution in [0.15, 0.2) is 0 Å². The largest absolute Gasteiger partial charge is 0.379 e. The summed E-state index contributed by atoms with van der Waals surface area (Å²) in [5, 5.41) is 3.36. The van der Waals surface area contributed by atoms with Crippen molar-refractivity contribution in [1.82, 2.24) is 5.32 Å². The van der Waals surface area contributed by atoms with Crippen LogP contribution < -0.4 is 5.32 Å². The normalized spacial score (nSPS) is 10.4. The summed E-state index contributed by atoms with van der Waals surface area (Å²) in [6.07, 6.45) is 9.79. The molecule has 0 radical (unpaired) electrons. The fraction of sp³-hybridized carbons (Fsp3) is 0.833. The Labute approximate surface area is 88.4 Å². The molecule has 0 aromatic carbocycles. The highest BCUT2D eigenvalue weighted by Crippen LogP contribution is 1.93. The highest BCUT2D eigenvalue weighted by Gasteiger charge is 1.93. The van der Waals surface area contributed by atoms with Crippen LogP contribution in [0.2, 0.25) is 0 Å². The molecule has 82 valence electrons. The second-order valence-electron chi connectivity index (χ2n) is 3.68. The first-order valence-electron chi connectivity index (χ1n) is 5.53. The van der Waals surface area contributed by atoms with Crippen molar-refractivity contribution in [3.05, 3.63) is 0 Å². The molecule has 0 saturated carbocycles. The Bertz CT molecular complexity index is 149. The summed E-state index contributed by atoms with van der Waals surface area (Å²) in [6, 6.07) is 0. The lowest BCUT2D eigenvalue weighted by Gasteiger charge is -2.07. The van der Waals surface area contributed by atoms with Crippen LogP contribution in [-0.2, 0) is 4.74 Å². The minimum absolute atomic E-state index is 0.360. The van der Waals surface area contributed by atoms with Gasteiger partial charge in [-0.15, -0.1) is 12.3 Å². The van der Waals surface area contributed by atoms with Crippen LogP contribution in [-0.4, -0.2) is 25.8 Å². The summed E-state index contributed by atoms with van der Waals surface area (Å²) in [5.41, 5.74) is 0. The lowest BCUT2D eigenvalue weighted by molar-refractivity contribution is 0.0760. The summed E-state index contributed by atoms with van der Waals surface area (Å²) >= 11 is 0. The molecule has 0 heterocycles. The van der Waals surface area contributed by atoms with E-state index in [9.17, 15) is 0 Å². The summed E-state index contributed by atoms with van der Waals surface area (Å²) in [7, 11) is 0. The molecule has 14 heavy (non-hydrogen) atoms. The van der Waals surface area contributed by atoms with Crippen molar-refractivity contribution in [2.75, 3.05) is 19.7 Å². The van der Waals surface area contributed by atoms with Gasteiger partial charge in [-0.3, -0.25) is 0 Å². The van der Waals surface area contributed by atoms with Gasteiger partial charge in [-0.2, -0.15) is 0 Å². The third-order valence-electron chi connectivity index (χ3n) is 1.87. The molecule has 0 unspecified atom stereocenters. The molecular weight excluding hydrogens is 174 g/mol. The Morgan fingerprint density at radius 3 is 2.57 bits per heavy atom. The van der Waals surface area contributed by atoms with Gasteiger partial charge in [0.05, 0.1) is 6.10 Å². The van der Waals surface area contributed by atoms with Gasteiger partial charge in [0.15, 0.2) is 0 Å². The highest BCUT2D eigenvalue weighted by molar-refractivity contribution is 4.83. The Morgan fingerprint density at radius 1 is 1.21 bits per heavy atom. The predicted octanol–water partition coefficient (Wildman–Crippen LogP) is 2.19. The summed E-state index contributed by atoms with van der Waals surface area (Å²) < 4.78 is 5.43. The third-order valence-corrected chi connectivity index (χ3v) is 1.87. The molecule has 0 spiro atoms. The number of terminal acetylenes is 1. The minimum atomic E-state index is 0.360. The van der Waals surface area contributed by atoms with Gasteiger partial charge in [0.25, 0.3) is 0 Å². The number of hydrogen-bond donors (Lipinski definition) is 1. The van der Waals surface area contributed by atoms with Gasteiger partial charge >= 0.3 is 0 Å². The van der Waals surface area contributed by atoms with Crippen LogP contribution >= 0.6 is 0 Å². The topological polar surface area (TPSA) is 21.3 Å². The van der Waals surface area contributed by atoms with E-state index in [0.29, 0.717) is 6.10 Å². The number of unbranched alkanes of at least 4 members (excludes halogenated alkanes) is 2. The molecule has 0 aliphatic carbocycles. The van der Waals surface area contributed by atoms with E-state index in [4.69, 9.17) is 11.2 Å². The van der Waals surface area contributed by atoms with Gasteiger partial charge in [-0.05, 0) is 46.2 Å². The van der Waals surface area contributed by atoms with E-state index in [2.05, 4.69) is 25.1 Å². The average Bonchev–Trinajstić information content (AvgIpc) is 2.15. The number of rotatable bonds is 9. The first-order valence-corrected chi connectivity index (χ1v) is 5.53. The Hall–Kier alpha value is -0.520. The maximum absolute atomic E-state index is 5.43. The SMILES string of the molecule is C#CCCCNCCCCOC(C)C. The zero-order chi connectivity index (χ0) is 10.6. The average molecular weight is 197 g/mol. The second-order valence-corrected chi connectivity index (χ2v) is 3.68. The van der Waals surface area contributed by atoms with Crippen LogP contribution in [0.4, 0.5) is 0 Å². The molecular formula is C12H23NO. The predicted molar refractivity (Wildman–Crippen MR) is 61.3 cm³/mol. The fourth-order valence-corrected chi connectivity index (χ4v) is 1.11. The zero-order valence-electron chi connectivity index (χ0n) is 9.51. The molecule has 0 atom stereocenters. The van der Waals surface area contributed by atoms with E-state index in [-0.39, 0.29) is 0 Å². The van der Waals surface area contributed by atoms with Crippen molar-refractivity contribution in [2.24, 2.45) is 0 Å². The van der Waals surface area contributed by atoms with E-state index in [1.54, 1.807) is 0 Å². The maximum atomic E-state index is 5.43. The molecule has 0 rings (SSSR count). The Balaban J connectivity index is 2.89. The monoisotopic (exact) mass is 197 g/mol. The van der Waals surface area contributed by atoms with Crippen LogP contribution in [0.5, 0.6) is 0 Å². The van der Waals surface area contributed by atoms with E-state index >= 15 is 0 Å². The molecule has 0 fully saturated rings. The van der Waals surface area contributed by atoms with E-state index in [0.717, 1.165) is 39.0 Å². The second kappa shape index (κ2) is 10.6. The van der Waals surface area contributed by atoms with E-state index in [1.165, 1.54) is 6.42 Å². The van der Waals surface area contributed by atoms with E-state index in [1.807, 2.05) is 0 Å². The van der Waals surface area contributed by atoms with Crippen molar-refractivity contribution in [3.63, 3.8) is 0 Å². The fourth-order valence-electron chi connectivity index (χ4n) is 1.11. The van der Waals surface area contributed by atoms with Gasteiger partial charge < -0.3 is 10.1 Å². The highest BCUT2D eigenvalue weighted by atomic mass is 16.5. The molecule has 0 bridgehead atoms. The number of hydrogen-bond acceptors (Lipinski definition) is 2. The van der Waals surface area contributed by atoms with Gasteiger partial charge in [0, 0.05) is 13.0 Å². The number of nitrogens with one attached hydrogen (secondary N) is 1. The molecule has 1 N–H and O–H groups in total. The van der Waals surface area contributed by atoms with Gasteiger partial charge in [0.2, 0.25) is 0 Å². The van der Waals surface area contributed by atoms with E-state index < -0.39 is 0 Å². The first kappa shape index (κ1) is 13.5. The first-order chi connectivity index (χ1) is 6.77. The molecule has 0 aliphatic heterocycles. The molecule has 0 amide bonds.